The van der Waals surface area contributed by atoms with Crippen LogP contribution in [0, 0.1) is 20.8 Å². The number of aryl methyl sites for hydroxylation is 5. The fourth-order valence-electron chi connectivity index (χ4n) is 5.81. The number of hydrogen-bond donors (Lipinski definition) is 4. The second-order valence-electron chi connectivity index (χ2n) is 13.5. The number of anilines is 1. The lowest BCUT2D eigenvalue weighted by atomic mass is 10.1. The zero-order chi connectivity index (χ0) is 38.4. The molecule has 0 bridgehead atoms. The van der Waals surface area contributed by atoms with E-state index in [1.54, 1.807) is 69.6 Å². The van der Waals surface area contributed by atoms with Crippen LogP contribution in [0.2, 0.25) is 0 Å². The summed E-state index contributed by atoms with van der Waals surface area (Å²) in [5.74, 6) is -1.08. The molecule has 4 rings (SSSR count). The van der Waals surface area contributed by atoms with Crippen LogP contribution in [0.1, 0.15) is 59.8 Å². The molecular weight excluding hydrogens is 691 g/mol. The molecule has 2 amide bonds. The minimum atomic E-state index is -4.22. The van der Waals surface area contributed by atoms with Crippen LogP contribution in [0.4, 0.5) is 10.7 Å². The number of imidazole rings is 1. The van der Waals surface area contributed by atoms with Crippen molar-refractivity contribution in [3.63, 3.8) is 0 Å². The number of esters is 1. The lowest BCUT2D eigenvalue weighted by Crippen LogP contribution is -2.49. The Balaban J connectivity index is 1.60. The molecule has 16 heteroatoms. The van der Waals surface area contributed by atoms with Crippen molar-refractivity contribution in [1.82, 2.24) is 29.5 Å². The van der Waals surface area contributed by atoms with Crippen LogP contribution in [0.15, 0.2) is 58.6 Å². The van der Waals surface area contributed by atoms with E-state index in [9.17, 15) is 27.6 Å². The quantitative estimate of drug-likeness (QED) is 0.110. The Morgan fingerprint density at radius 1 is 1.02 bits per heavy atom. The summed E-state index contributed by atoms with van der Waals surface area (Å²) >= 11 is 0. The first kappa shape index (κ1) is 39.6. The second-order valence-corrected chi connectivity index (χ2v) is 15.2. The van der Waals surface area contributed by atoms with Gasteiger partial charge in [0.2, 0.25) is 21.4 Å². The highest BCUT2D eigenvalue weighted by Crippen LogP contribution is 2.22. The highest BCUT2D eigenvalue weighted by molar-refractivity contribution is 7.89. The van der Waals surface area contributed by atoms with Crippen molar-refractivity contribution in [3.05, 3.63) is 87.0 Å². The highest BCUT2D eigenvalue weighted by Gasteiger charge is 2.30. The van der Waals surface area contributed by atoms with E-state index >= 15 is 0 Å². The van der Waals surface area contributed by atoms with Crippen molar-refractivity contribution < 1.29 is 32.3 Å². The van der Waals surface area contributed by atoms with Gasteiger partial charge in [-0.05, 0) is 76.8 Å². The lowest BCUT2D eigenvalue weighted by molar-refractivity contribution is -0.142. The molecule has 0 unspecified atom stereocenters. The first-order chi connectivity index (χ1) is 24.4. The molecule has 4 N–H and O–H groups in total. The SMILES string of the molecule is COC(=O)[C@H](CNC(=O)c1cn(CCCNC(=O)OC(C)(C)C)c2cc(CNc3nccn3C)ccc2c1=O)NS(=O)(=O)c1c(C)cc(C)cc1C. The molecule has 0 spiro atoms. The zero-order valence-corrected chi connectivity index (χ0v) is 31.6. The lowest BCUT2D eigenvalue weighted by Gasteiger charge is -2.20. The molecule has 280 valence electrons. The van der Waals surface area contributed by atoms with Gasteiger partial charge < -0.3 is 34.6 Å². The predicted octanol–water partition coefficient (Wildman–Crippen LogP) is 3.44. The number of fused-ring (bicyclic) bond motifs is 1. The molecule has 2 aromatic carbocycles. The second kappa shape index (κ2) is 16.4. The fraction of sp³-hybridized carbons (Fsp3) is 0.417. The van der Waals surface area contributed by atoms with E-state index in [4.69, 9.17) is 9.47 Å². The van der Waals surface area contributed by atoms with Crippen molar-refractivity contribution in [1.29, 1.82) is 0 Å². The first-order valence-corrected chi connectivity index (χ1v) is 18.2. The Morgan fingerprint density at radius 2 is 1.71 bits per heavy atom. The van der Waals surface area contributed by atoms with Crippen LogP contribution < -0.4 is 26.1 Å². The third-order valence-corrected chi connectivity index (χ3v) is 9.81. The van der Waals surface area contributed by atoms with Crippen LogP contribution in [0.5, 0.6) is 0 Å². The molecule has 0 saturated heterocycles. The molecular formula is C36H47N7O8S. The van der Waals surface area contributed by atoms with Gasteiger partial charge in [-0.3, -0.25) is 14.4 Å². The maximum atomic E-state index is 13.7. The Labute approximate surface area is 303 Å². The third kappa shape index (κ3) is 9.97. The van der Waals surface area contributed by atoms with Gasteiger partial charge in [0, 0.05) is 57.2 Å². The summed E-state index contributed by atoms with van der Waals surface area (Å²) in [6, 6.07) is 7.19. The molecule has 0 radical (unpaired) electrons. The van der Waals surface area contributed by atoms with E-state index in [-0.39, 0.29) is 22.4 Å². The Bertz CT molecular complexity index is 2110. The number of amides is 2. The summed E-state index contributed by atoms with van der Waals surface area (Å²) in [5.41, 5.74) is 1.83. The van der Waals surface area contributed by atoms with Gasteiger partial charge in [-0.25, -0.2) is 18.2 Å². The van der Waals surface area contributed by atoms with Gasteiger partial charge in [0.05, 0.1) is 17.5 Å². The van der Waals surface area contributed by atoms with Crippen LogP contribution in [0.3, 0.4) is 0 Å². The van der Waals surface area contributed by atoms with Gasteiger partial charge in [0.1, 0.15) is 17.2 Å². The minimum Gasteiger partial charge on any atom is -0.468 e. The van der Waals surface area contributed by atoms with E-state index in [2.05, 4.69) is 25.7 Å². The molecule has 0 fully saturated rings. The number of carbonyl (C=O) groups excluding carboxylic acids is 3. The first-order valence-electron chi connectivity index (χ1n) is 16.7. The molecule has 15 nitrogen and oxygen atoms in total. The Kier molecular flexibility index (Phi) is 12.5. The highest BCUT2D eigenvalue weighted by atomic mass is 32.2. The molecule has 0 saturated carbocycles. The maximum Gasteiger partial charge on any atom is 0.407 e. The number of ether oxygens (including phenoxy) is 2. The van der Waals surface area contributed by atoms with Crippen LogP contribution in [-0.4, -0.2) is 72.3 Å². The van der Waals surface area contributed by atoms with Gasteiger partial charge in [-0.2, -0.15) is 4.72 Å². The summed E-state index contributed by atoms with van der Waals surface area (Å²) < 4.78 is 43.0. The van der Waals surface area contributed by atoms with Gasteiger partial charge in [-0.15, -0.1) is 0 Å². The molecule has 1 atom stereocenters. The van der Waals surface area contributed by atoms with Crippen molar-refractivity contribution in [2.24, 2.45) is 7.05 Å². The van der Waals surface area contributed by atoms with E-state index in [0.29, 0.717) is 42.1 Å². The van der Waals surface area contributed by atoms with Crippen molar-refractivity contribution >= 4 is 44.8 Å². The number of rotatable bonds is 14. The van der Waals surface area contributed by atoms with E-state index < -0.39 is 51.6 Å². The Morgan fingerprint density at radius 3 is 2.33 bits per heavy atom. The largest absolute Gasteiger partial charge is 0.468 e. The monoisotopic (exact) mass is 737 g/mol. The standard InChI is InChI=1S/C36H47N7O8S/c1-22-16-23(2)31(24(3)17-22)52(48,49)41-28(33(46)50-8)20-39-32(45)27-21-43(14-9-12-38-35(47)51-36(4,5)6)29-18-25(10-11-26(29)30(27)44)19-40-34-37-13-15-42(34)7/h10-11,13,15-18,21,28,41H,9,12,14,19-20H2,1-8H3,(H,37,40)(H,38,47)(H,39,45)/t28-/m0/s1. The number of hydrogen-bond acceptors (Lipinski definition) is 10. The molecule has 0 aliphatic heterocycles. The third-order valence-electron chi connectivity index (χ3n) is 8.03. The molecule has 2 aromatic heterocycles. The molecule has 4 aromatic rings. The normalized spacial score (nSPS) is 12.3. The van der Waals surface area contributed by atoms with Gasteiger partial charge >= 0.3 is 12.1 Å². The zero-order valence-electron chi connectivity index (χ0n) is 30.7. The summed E-state index contributed by atoms with van der Waals surface area (Å²) in [6.45, 7) is 10.9. The number of alkyl carbamates (subject to hydrolysis) is 1. The number of carbonyl (C=O) groups is 3. The number of methoxy groups -OCH3 is 1. The smallest absolute Gasteiger partial charge is 0.407 e. The van der Waals surface area contributed by atoms with Gasteiger partial charge in [-0.1, -0.05) is 23.8 Å². The van der Waals surface area contributed by atoms with E-state index in [1.165, 1.54) is 6.20 Å². The number of benzene rings is 2. The van der Waals surface area contributed by atoms with Crippen molar-refractivity contribution in [3.8, 4) is 0 Å². The molecule has 0 aliphatic rings. The van der Waals surface area contributed by atoms with Crippen LogP contribution in [-0.2, 0) is 44.4 Å². The fourth-order valence-corrected chi connectivity index (χ4v) is 7.44. The molecule has 2 heterocycles. The molecule has 0 aliphatic carbocycles. The van der Waals surface area contributed by atoms with Gasteiger partial charge in [0.25, 0.3) is 5.91 Å². The maximum absolute atomic E-state index is 13.7. The summed E-state index contributed by atoms with van der Waals surface area (Å²) in [5, 5.41) is 8.77. The van der Waals surface area contributed by atoms with Crippen LogP contribution in [0.25, 0.3) is 10.9 Å². The average molecular weight is 738 g/mol. The van der Waals surface area contributed by atoms with Crippen molar-refractivity contribution in [2.45, 2.75) is 77.6 Å². The van der Waals surface area contributed by atoms with Crippen molar-refractivity contribution in [2.75, 3.05) is 25.5 Å². The summed E-state index contributed by atoms with van der Waals surface area (Å²) in [4.78, 5) is 56.6. The summed E-state index contributed by atoms with van der Waals surface area (Å²) in [7, 11) is -1.26. The number of sulfonamides is 1. The number of pyridine rings is 1. The van der Waals surface area contributed by atoms with Crippen LogP contribution >= 0.6 is 0 Å². The van der Waals surface area contributed by atoms with E-state index in [1.807, 2.05) is 30.8 Å². The van der Waals surface area contributed by atoms with Gasteiger partial charge in [0.15, 0.2) is 0 Å². The van der Waals surface area contributed by atoms with E-state index in [0.717, 1.165) is 18.2 Å². The predicted molar refractivity (Wildman–Crippen MR) is 197 cm³/mol. The number of nitrogens with zero attached hydrogens (tertiary/aromatic N) is 3. The Hall–Kier alpha value is -5.22. The number of aromatic nitrogens is 3. The summed E-state index contributed by atoms with van der Waals surface area (Å²) in [6.07, 6.45) is 4.76. The topological polar surface area (TPSA) is 192 Å². The molecule has 52 heavy (non-hydrogen) atoms. The number of nitrogens with one attached hydrogen (secondary N) is 4. The average Bonchev–Trinajstić information content (AvgIpc) is 3.47. The minimum absolute atomic E-state index is 0.0198.